The highest BCUT2D eigenvalue weighted by atomic mass is 32.1. The molecule has 1 N–H and O–H groups in total. The van der Waals surface area contributed by atoms with Gasteiger partial charge in [-0.15, -0.1) is 11.3 Å². The van der Waals surface area contributed by atoms with Crippen molar-refractivity contribution in [1.29, 1.82) is 0 Å². The Balaban J connectivity index is 1.40. The molecule has 0 radical (unpaired) electrons. The van der Waals surface area contributed by atoms with Gasteiger partial charge in [0.05, 0.1) is 23.4 Å². The van der Waals surface area contributed by atoms with Gasteiger partial charge in [-0.25, -0.2) is 9.78 Å². The number of nitrogens with one attached hydrogen (secondary N) is 1. The minimum atomic E-state index is -0.583. The zero-order valence-corrected chi connectivity index (χ0v) is 18.2. The Bertz CT molecular complexity index is 1020. The van der Waals surface area contributed by atoms with Gasteiger partial charge >= 0.3 is 5.97 Å². The topological polar surface area (TPSA) is 86.8 Å². The van der Waals surface area contributed by atoms with E-state index in [4.69, 9.17) is 14.2 Å². The highest BCUT2D eigenvalue weighted by Gasteiger charge is 2.11. The summed E-state index contributed by atoms with van der Waals surface area (Å²) in [4.78, 5) is 28.5. The summed E-state index contributed by atoms with van der Waals surface area (Å²) in [5.74, 6) is 0.380. The third kappa shape index (κ3) is 7.11. The molecule has 0 saturated heterocycles. The number of benzene rings is 2. The molecule has 8 heteroatoms. The molecule has 3 aromatic rings. The fourth-order valence-corrected chi connectivity index (χ4v) is 3.35. The number of methoxy groups -OCH3 is 1. The lowest BCUT2D eigenvalue weighted by molar-refractivity contribution is -0.124. The molecule has 1 aromatic heterocycles. The third-order valence-electron chi connectivity index (χ3n) is 4.35. The second-order valence-electron chi connectivity index (χ2n) is 6.70. The lowest BCUT2D eigenvalue weighted by Crippen LogP contribution is -2.30. The minimum absolute atomic E-state index is 0.318. The van der Waals surface area contributed by atoms with Crippen molar-refractivity contribution in [2.24, 2.45) is 0 Å². The van der Waals surface area contributed by atoms with E-state index in [1.165, 1.54) is 0 Å². The highest BCUT2D eigenvalue weighted by Crippen LogP contribution is 2.17. The summed E-state index contributed by atoms with van der Waals surface area (Å²) in [5.41, 5.74) is 2.22. The average Bonchev–Trinajstić information content (AvgIpc) is 3.22. The quantitative estimate of drug-likeness (QED) is 0.485. The van der Waals surface area contributed by atoms with Crippen LogP contribution in [-0.2, 0) is 22.6 Å². The number of esters is 1. The van der Waals surface area contributed by atoms with Gasteiger partial charge < -0.3 is 19.5 Å². The van der Waals surface area contributed by atoms with Crippen molar-refractivity contribution in [2.75, 3.05) is 20.3 Å². The van der Waals surface area contributed by atoms with E-state index >= 15 is 0 Å². The number of hydrogen-bond acceptors (Lipinski definition) is 7. The van der Waals surface area contributed by atoms with Crippen LogP contribution in [0.3, 0.4) is 0 Å². The van der Waals surface area contributed by atoms with Crippen molar-refractivity contribution in [3.63, 3.8) is 0 Å². The first-order valence-electron chi connectivity index (χ1n) is 9.74. The molecule has 31 heavy (non-hydrogen) atoms. The summed E-state index contributed by atoms with van der Waals surface area (Å²) in [7, 11) is 1.61. The van der Waals surface area contributed by atoms with Gasteiger partial charge in [-0.2, -0.15) is 0 Å². The normalized spacial score (nSPS) is 10.4. The van der Waals surface area contributed by atoms with Gasteiger partial charge in [-0.3, -0.25) is 4.79 Å². The van der Waals surface area contributed by atoms with Crippen LogP contribution in [0.2, 0.25) is 0 Å². The van der Waals surface area contributed by atoms with Gasteiger partial charge in [-0.1, -0.05) is 18.2 Å². The van der Waals surface area contributed by atoms with Crippen LogP contribution in [0.25, 0.3) is 0 Å². The Morgan fingerprint density at radius 3 is 2.61 bits per heavy atom. The van der Waals surface area contributed by atoms with Gasteiger partial charge in [0.15, 0.2) is 6.61 Å². The van der Waals surface area contributed by atoms with Gasteiger partial charge in [0.2, 0.25) is 0 Å². The number of thiazole rings is 1. The number of nitrogens with zero attached hydrogens (tertiary/aromatic N) is 1. The molecule has 3 rings (SSSR count). The number of hydrogen-bond donors (Lipinski definition) is 1. The molecule has 1 heterocycles. The summed E-state index contributed by atoms with van der Waals surface area (Å²) in [6.07, 6.45) is 0.668. The van der Waals surface area contributed by atoms with E-state index in [2.05, 4.69) is 10.3 Å². The van der Waals surface area contributed by atoms with Gasteiger partial charge in [0.1, 0.15) is 18.1 Å². The molecule has 1 amide bonds. The minimum Gasteiger partial charge on any atom is -0.497 e. The molecule has 0 bridgehead atoms. The second-order valence-corrected chi connectivity index (χ2v) is 7.76. The zero-order valence-electron chi connectivity index (χ0n) is 17.4. The Kier molecular flexibility index (Phi) is 8.00. The molecule has 0 aliphatic heterocycles. The third-order valence-corrected chi connectivity index (χ3v) is 5.17. The lowest BCUT2D eigenvalue weighted by Gasteiger charge is -2.09. The molecular formula is C23H24N2O5S. The van der Waals surface area contributed by atoms with Crippen LogP contribution >= 0.6 is 11.3 Å². The van der Waals surface area contributed by atoms with Crippen molar-refractivity contribution in [3.05, 3.63) is 75.7 Å². The molecule has 2 aromatic carbocycles. The Hall–Kier alpha value is -3.39. The van der Waals surface area contributed by atoms with Crippen molar-refractivity contribution < 1.29 is 23.8 Å². The fourth-order valence-electron chi connectivity index (χ4n) is 2.75. The second kappa shape index (κ2) is 11.1. The summed E-state index contributed by atoms with van der Waals surface area (Å²) < 4.78 is 15.9. The maximum absolute atomic E-state index is 12.3. The van der Waals surface area contributed by atoms with E-state index in [9.17, 15) is 9.59 Å². The Morgan fingerprint density at radius 1 is 1.10 bits per heavy atom. The number of carbonyl (C=O) groups is 2. The molecule has 7 nitrogen and oxygen atoms in total. The zero-order chi connectivity index (χ0) is 22.1. The number of aromatic nitrogens is 1. The van der Waals surface area contributed by atoms with E-state index in [-0.39, 0.29) is 12.5 Å². The molecule has 0 aliphatic carbocycles. The molecule has 162 valence electrons. The monoisotopic (exact) mass is 440 g/mol. The first-order chi connectivity index (χ1) is 15.0. The van der Waals surface area contributed by atoms with E-state index in [0.29, 0.717) is 30.9 Å². The van der Waals surface area contributed by atoms with Crippen LogP contribution in [-0.4, -0.2) is 37.1 Å². The van der Waals surface area contributed by atoms with Crippen molar-refractivity contribution in [2.45, 2.75) is 20.0 Å². The summed E-state index contributed by atoms with van der Waals surface area (Å²) in [5, 5.41) is 5.64. The van der Waals surface area contributed by atoms with Gasteiger partial charge in [-0.05, 0) is 49.2 Å². The summed E-state index contributed by atoms with van der Waals surface area (Å²) in [6.45, 7) is 2.35. The van der Waals surface area contributed by atoms with Crippen LogP contribution in [0.5, 0.6) is 11.5 Å². The van der Waals surface area contributed by atoms with Crippen molar-refractivity contribution >= 4 is 23.2 Å². The number of carbonyl (C=O) groups excluding carboxylic acids is 2. The highest BCUT2D eigenvalue weighted by molar-refractivity contribution is 7.09. The maximum atomic E-state index is 12.3. The SMILES string of the molecule is COc1ccc(CCNC(=O)COC(=O)c2cccc(OCc3csc(C)n3)c2)cc1. The van der Waals surface area contributed by atoms with E-state index in [1.807, 2.05) is 36.6 Å². The molecule has 0 atom stereocenters. The Morgan fingerprint density at radius 2 is 1.90 bits per heavy atom. The van der Waals surface area contributed by atoms with E-state index in [1.54, 1.807) is 42.7 Å². The van der Waals surface area contributed by atoms with Crippen LogP contribution < -0.4 is 14.8 Å². The molecule has 0 spiro atoms. The number of aryl methyl sites for hydroxylation is 1. The summed E-state index contributed by atoms with van der Waals surface area (Å²) in [6, 6.07) is 14.3. The van der Waals surface area contributed by atoms with Crippen molar-refractivity contribution in [1.82, 2.24) is 10.3 Å². The first-order valence-corrected chi connectivity index (χ1v) is 10.6. The fraction of sp³-hybridized carbons (Fsp3) is 0.261. The molecule has 0 fully saturated rings. The van der Waals surface area contributed by atoms with Crippen molar-refractivity contribution in [3.8, 4) is 11.5 Å². The molecule has 0 saturated carbocycles. The van der Waals surface area contributed by atoms with Crippen LogP contribution in [0.15, 0.2) is 53.9 Å². The number of rotatable bonds is 10. The standard InChI is InChI=1S/C23H24N2O5S/c1-16-25-19(15-31-16)13-29-21-5-3-4-18(12-21)23(27)30-14-22(26)24-11-10-17-6-8-20(28-2)9-7-17/h3-9,12,15H,10-11,13-14H2,1-2H3,(H,24,26). The Labute approximate surface area is 185 Å². The largest absolute Gasteiger partial charge is 0.497 e. The molecule has 0 unspecified atom stereocenters. The average molecular weight is 441 g/mol. The first kappa shape index (κ1) is 22.3. The number of ether oxygens (including phenoxy) is 3. The van der Waals surface area contributed by atoms with E-state index in [0.717, 1.165) is 22.0 Å². The lowest BCUT2D eigenvalue weighted by atomic mass is 10.1. The summed E-state index contributed by atoms with van der Waals surface area (Å²) >= 11 is 1.55. The smallest absolute Gasteiger partial charge is 0.338 e. The van der Waals surface area contributed by atoms with Gasteiger partial charge in [0, 0.05) is 11.9 Å². The van der Waals surface area contributed by atoms with Crippen LogP contribution in [0.4, 0.5) is 0 Å². The predicted molar refractivity (Wildman–Crippen MR) is 118 cm³/mol. The van der Waals surface area contributed by atoms with Gasteiger partial charge in [0.25, 0.3) is 5.91 Å². The van der Waals surface area contributed by atoms with E-state index < -0.39 is 5.97 Å². The number of amides is 1. The van der Waals surface area contributed by atoms with Crippen LogP contribution in [0, 0.1) is 6.92 Å². The van der Waals surface area contributed by atoms with Crippen LogP contribution in [0.1, 0.15) is 26.6 Å². The molecular weight excluding hydrogens is 416 g/mol. The maximum Gasteiger partial charge on any atom is 0.338 e. The molecule has 0 aliphatic rings. The predicted octanol–water partition coefficient (Wildman–Crippen LogP) is 3.55.